The number of benzene rings is 1. The minimum Gasteiger partial charge on any atom is -0.336 e. The molecule has 1 N–H and O–H groups in total. The molecule has 0 aliphatic carbocycles. The Labute approximate surface area is 126 Å². The van der Waals surface area contributed by atoms with Gasteiger partial charge in [0.1, 0.15) is 0 Å². The van der Waals surface area contributed by atoms with Crippen LogP contribution in [0.4, 0.5) is 13.2 Å². The first kappa shape index (κ1) is 16.8. The average molecular weight is 336 g/mol. The van der Waals surface area contributed by atoms with Crippen molar-refractivity contribution in [2.45, 2.75) is 23.4 Å². The van der Waals surface area contributed by atoms with Crippen LogP contribution in [0.25, 0.3) is 0 Å². The van der Waals surface area contributed by atoms with Crippen molar-refractivity contribution in [3.8, 4) is 0 Å². The monoisotopic (exact) mass is 336 g/mol. The molecule has 1 heterocycles. The summed E-state index contributed by atoms with van der Waals surface area (Å²) in [7, 11) is -5.39. The maximum Gasteiger partial charge on any atom is 0.501 e. The van der Waals surface area contributed by atoms with Gasteiger partial charge in [-0.2, -0.15) is 13.2 Å². The van der Waals surface area contributed by atoms with E-state index >= 15 is 0 Å². The fraction of sp³-hybridized carbons (Fsp3) is 0.462. The lowest BCUT2D eigenvalue weighted by molar-refractivity contribution is -0.0436. The van der Waals surface area contributed by atoms with Gasteiger partial charge >= 0.3 is 5.51 Å². The molecular formula is C13H15F3N2O3S. The molecule has 0 bridgehead atoms. The molecule has 1 amide bonds. The molecule has 0 aromatic heterocycles. The van der Waals surface area contributed by atoms with Gasteiger partial charge in [0.15, 0.2) is 0 Å². The molecule has 1 fully saturated rings. The molecule has 1 aromatic carbocycles. The van der Waals surface area contributed by atoms with E-state index in [1.165, 1.54) is 0 Å². The molecule has 2 rings (SSSR count). The summed E-state index contributed by atoms with van der Waals surface area (Å²) in [4.78, 5) is 12.9. The molecule has 5 nitrogen and oxygen atoms in total. The Bertz CT molecular complexity index is 656. The molecule has 0 spiro atoms. The Morgan fingerprint density at radius 3 is 2.36 bits per heavy atom. The van der Waals surface area contributed by atoms with Crippen molar-refractivity contribution >= 4 is 15.7 Å². The van der Waals surface area contributed by atoms with Crippen molar-refractivity contribution in [1.82, 2.24) is 10.2 Å². The molecule has 22 heavy (non-hydrogen) atoms. The van der Waals surface area contributed by atoms with Gasteiger partial charge in [-0.05, 0) is 31.2 Å². The zero-order valence-corrected chi connectivity index (χ0v) is 12.5. The number of rotatable bonds is 2. The van der Waals surface area contributed by atoms with Crippen LogP contribution < -0.4 is 5.32 Å². The smallest absolute Gasteiger partial charge is 0.336 e. The van der Waals surface area contributed by atoms with Crippen LogP contribution in [0.3, 0.4) is 0 Å². The van der Waals surface area contributed by atoms with E-state index in [4.69, 9.17) is 0 Å². The third-order valence-corrected chi connectivity index (χ3v) is 4.87. The zero-order chi connectivity index (χ0) is 16.5. The minimum atomic E-state index is -5.39. The van der Waals surface area contributed by atoms with E-state index in [2.05, 4.69) is 5.32 Å². The normalized spacial score (nSPS) is 20.0. The fourth-order valence-electron chi connectivity index (χ4n) is 2.21. The second kappa shape index (κ2) is 5.88. The summed E-state index contributed by atoms with van der Waals surface area (Å²) in [6, 6.07) is 3.95. The van der Waals surface area contributed by atoms with Gasteiger partial charge in [0.05, 0.1) is 4.90 Å². The Hall–Kier alpha value is -1.61. The molecule has 122 valence electrons. The van der Waals surface area contributed by atoms with Gasteiger partial charge in [-0.3, -0.25) is 4.79 Å². The Morgan fingerprint density at radius 1 is 1.27 bits per heavy atom. The lowest BCUT2D eigenvalue weighted by atomic mass is 10.1. The summed E-state index contributed by atoms with van der Waals surface area (Å²) in [5.41, 5.74) is -5.19. The third kappa shape index (κ3) is 3.25. The van der Waals surface area contributed by atoms with E-state index in [1.807, 2.05) is 6.92 Å². The lowest BCUT2D eigenvalue weighted by Crippen LogP contribution is -2.51. The van der Waals surface area contributed by atoms with Crippen LogP contribution >= 0.6 is 0 Å². The van der Waals surface area contributed by atoms with Gasteiger partial charge in [0.25, 0.3) is 15.7 Å². The zero-order valence-electron chi connectivity index (χ0n) is 11.7. The lowest BCUT2D eigenvalue weighted by Gasteiger charge is -2.32. The first-order chi connectivity index (χ1) is 10.1. The van der Waals surface area contributed by atoms with Crippen molar-refractivity contribution in [1.29, 1.82) is 0 Å². The quantitative estimate of drug-likeness (QED) is 0.887. The summed E-state index contributed by atoms with van der Waals surface area (Å²) >= 11 is 0. The molecule has 1 aliphatic rings. The van der Waals surface area contributed by atoms with Crippen molar-refractivity contribution < 1.29 is 26.4 Å². The van der Waals surface area contributed by atoms with Crippen LogP contribution in [-0.2, 0) is 9.84 Å². The van der Waals surface area contributed by atoms with Crippen LogP contribution in [0.1, 0.15) is 17.3 Å². The SMILES string of the molecule is C[C@H]1CN(C(=O)c2ccc(S(=O)(=O)C(F)(F)F)cc2)CCN1. The number of sulfone groups is 1. The predicted molar refractivity (Wildman–Crippen MR) is 73.1 cm³/mol. The second-order valence-corrected chi connectivity index (χ2v) is 7.02. The van der Waals surface area contributed by atoms with Gasteiger partial charge in [0.2, 0.25) is 0 Å². The van der Waals surface area contributed by atoms with Gasteiger partial charge in [-0.1, -0.05) is 0 Å². The predicted octanol–water partition coefficient (Wildman–Crippen LogP) is 1.41. The summed E-state index contributed by atoms with van der Waals surface area (Å²) in [6.07, 6.45) is 0. The van der Waals surface area contributed by atoms with Gasteiger partial charge in [-0.25, -0.2) is 8.42 Å². The van der Waals surface area contributed by atoms with Crippen LogP contribution in [-0.4, -0.2) is 50.4 Å². The first-order valence-corrected chi connectivity index (χ1v) is 8.05. The number of carbonyl (C=O) groups is 1. The summed E-state index contributed by atoms with van der Waals surface area (Å²) in [5, 5.41) is 3.17. The van der Waals surface area contributed by atoms with Crippen LogP contribution in [0.2, 0.25) is 0 Å². The first-order valence-electron chi connectivity index (χ1n) is 6.57. The highest BCUT2D eigenvalue weighted by Crippen LogP contribution is 2.30. The van der Waals surface area contributed by atoms with Crippen LogP contribution in [0.5, 0.6) is 0 Å². The molecular weight excluding hydrogens is 321 g/mol. The van der Waals surface area contributed by atoms with Gasteiger partial charge in [0, 0.05) is 31.2 Å². The third-order valence-electron chi connectivity index (χ3n) is 3.37. The molecule has 9 heteroatoms. The Kier molecular flexibility index (Phi) is 4.48. The van der Waals surface area contributed by atoms with Crippen molar-refractivity contribution in [2.24, 2.45) is 0 Å². The standard InChI is InChI=1S/C13H15F3N2O3S/c1-9-8-18(7-6-17-9)12(19)10-2-4-11(5-3-10)22(20,21)13(14,15)16/h2-5,9,17H,6-8H2,1H3/t9-/m0/s1. The number of alkyl halides is 3. The van der Waals surface area contributed by atoms with Gasteiger partial charge in [-0.15, -0.1) is 0 Å². The number of hydrogen-bond donors (Lipinski definition) is 1. The molecule has 1 aliphatic heterocycles. The average Bonchev–Trinajstić information content (AvgIpc) is 2.45. The van der Waals surface area contributed by atoms with Gasteiger partial charge < -0.3 is 10.2 Å². The number of halogens is 3. The van der Waals surface area contributed by atoms with E-state index in [-0.39, 0.29) is 17.5 Å². The van der Waals surface area contributed by atoms with Crippen molar-refractivity contribution in [3.63, 3.8) is 0 Å². The fourth-order valence-corrected chi connectivity index (χ4v) is 2.97. The molecule has 0 unspecified atom stereocenters. The Morgan fingerprint density at radius 2 is 1.86 bits per heavy atom. The van der Waals surface area contributed by atoms with Crippen molar-refractivity contribution in [3.05, 3.63) is 29.8 Å². The molecule has 0 saturated carbocycles. The number of carbonyl (C=O) groups excluding carboxylic acids is 1. The highest BCUT2D eigenvalue weighted by atomic mass is 32.2. The van der Waals surface area contributed by atoms with E-state index in [1.54, 1.807) is 4.90 Å². The van der Waals surface area contributed by atoms with Crippen molar-refractivity contribution in [2.75, 3.05) is 19.6 Å². The Balaban J connectivity index is 2.21. The number of piperazine rings is 1. The molecule has 1 aromatic rings. The highest BCUT2D eigenvalue weighted by Gasteiger charge is 2.46. The maximum atomic E-state index is 12.4. The van der Waals surface area contributed by atoms with Crippen LogP contribution in [0.15, 0.2) is 29.2 Å². The number of hydrogen-bond acceptors (Lipinski definition) is 4. The topological polar surface area (TPSA) is 66.5 Å². The summed E-state index contributed by atoms with van der Waals surface area (Å²) < 4.78 is 59.8. The van der Waals surface area contributed by atoms with E-state index < -0.39 is 20.2 Å². The molecule has 1 saturated heterocycles. The maximum absolute atomic E-state index is 12.4. The summed E-state index contributed by atoms with van der Waals surface area (Å²) in [5.74, 6) is -0.329. The largest absolute Gasteiger partial charge is 0.501 e. The highest BCUT2D eigenvalue weighted by molar-refractivity contribution is 7.92. The van der Waals surface area contributed by atoms with E-state index in [0.29, 0.717) is 19.6 Å². The van der Waals surface area contributed by atoms with E-state index in [0.717, 1.165) is 24.3 Å². The minimum absolute atomic E-state index is 0.127. The van der Waals surface area contributed by atoms with E-state index in [9.17, 15) is 26.4 Å². The molecule has 1 atom stereocenters. The molecule has 0 radical (unpaired) electrons. The number of nitrogens with zero attached hydrogens (tertiary/aromatic N) is 1. The second-order valence-electron chi connectivity index (χ2n) is 5.08. The number of nitrogens with one attached hydrogen (secondary N) is 1. The summed E-state index contributed by atoms with van der Waals surface area (Å²) in [6.45, 7) is 3.53. The number of amides is 1. The van der Waals surface area contributed by atoms with Crippen LogP contribution in [0, 0.1) is 0 Å².